The van der Waals surface area contributed by atoms with Gasteiger partial charge in [0, 0.05) is 6.54 Å². The number of amides is 1. The molecular formula is C6H8N4O2S. The van der Waals surface area contributed by atoms with E-state index in [1.54, 1.807) is 0 Å². The van der Waals surface area contributed by atoms with Gasteiger partial charge in [-0.05, 0) is 6.42 Å². The molecule has 3 N–H and O–H groups in total. The lowest BCUT2D eigenvalue weighted by Gasteiger charge is -2.00. The van der Waals surface area contributed by atoms with Crippen molar-refractivity contribution in [1.29, 1.82) is 0 Å². The van der Waals surface area contributed by atoms with Crippen molar-refractivity contribution >= 4 is 17.7 Å². The summed E-state index contributed by atoms with van der Waals surface area (Å²) in [5.41, 5.74) is -0.346. The van der Waals surface area contributed by atoms with Gasteiger partial charge in [-0.1, -0.05) is 11.8 Å². The van der Waals surface area contributed by atoms with Crippen LogP contribution < -0.4 is 11.0 Å². The lowest BCUT2D eigenvalue weighted by atomic mass is 10.4. The van der Waals surface area contributed by atoms with Gasteiger partial charge in [-0.15, -0.1) is 5.10 Å². The number of H-pyrrole nitrogens is 2. The van der Waals surface area contributed by atoms with Crippen LogP contribution in [-0.4, -0.2) is 32.9 Å². The predicted octanol–water partition coefficient (Wildman–Crippen LogP) is -0.921. The Morgan fingerprint density at radius 3 is 2.85 bits per heavy atom. The molecule has 1 unspecified atom stereocenters. The first kappa shape index (κ1) is 8.36. The molecule has 1 saturated heterocycles. The molecule has 1 atom stereocenters. The van der Waals surface area contributed by atoms with Gasteiger partial charge in [0.05, 0.1) is 5.25 Å². The Morgan fingerprint density at radius 1 is 1.46 bits per heavy atom. The molecule has 0 aromatic carbocycles. The molecule has 0 bridgehead atoms. The van der Waals surface area contributed by atoms with Gasteiger partial charge in [-0.2, -0.15) is 0 Å². The van der Waals surface area contributed by atoms with E-state index in [0.29, 0.717) is 11.7 Å². The van der Waals surface area contributed by atoms with Crippen molar-refractivity contribution in [2.75, 3.05) is 6.54 Å². The molecule has 0 saturated carbocycles. The highest BCUT2D eigenvalue weighted by Gasteiger charge is 2.25. The highest BCUT2D eigenvalue weighted by atomic mass is 32.2. The zero-order valence-electron chi connectivity index (χ0n) is 6.66. The minimum absolute atomic E-state index is 0.00819. The second kappa shape index (κ2) is 3.25. The Bertz CT molecular complexity index is 371. The molecule has 7 heteroatoms. The molecule has 1 aromatic heterocycles. The van der Waals surface area contributed by atoms with Crippen molar-refractivity contribution in [3.63, 3.8) is 0 Å². The zero-order chi connectivity index (χ0) is 9.26. The van der Waals surface area contributed by atoms with E-state index >= 15 is 0 Å². The topological polar surface area (TPSA) is 90.6 Å². The fourth-order valence-corrected chi connectivity index (χ4v) is 2.07. The smallest absolute Gasteiger partial charge is 0.341 e. The monoisotopic (exact) mass is 200 g/mol. The van der Waals surface area contributed by atoms with Gasteiger partial charge < -0.3 is 5.32 Å². The van der Waals surface area contributed by atoms with Crippen LogP contribution in [0.5, 0.6) is 0 Å². The number of hydrogen-bond acceptors (Lipinski definition) is 4. The second-order valence-electron chi connectivity index (χ2n) is 2.67. The summed E-state index contributed by atoms with van der Waals surface area (Å²) in [5, 5.41) is 8.99. The number of nitrogens with zero attached hydrogens (tertiary/aromatic N) is 1. The van der Waals surface area contributed by atoms with Crippen molar-refractivity contribution < 1.29 is 4.79 Å². The number of thioether (sulfide) groups is 1. The van der Waals surface area contributed by atoms with Crippen LogP contribution in [0.25, 0.3) is 0 Å². The predicted molar refractivity (Wildman–Crippen MR) is 46.5 cm³/mol. The average Bonchev–Trinajstić information content (AvgIpc) is 2.64. The average molecular weight is 200 g/mol. The van der Waals surface area contributed by atoms with Gasteiger partial charge in [-0.3, -0.25) is 9.78 Å². The number of hydrogen-bond donors (Lipinski definition) is 3. The summed E-state index contributed by atoms with van der Waals surface area (Å²) >= 11 is 1.27. The van der Waals surface area contributed by atoms with E-state index < -0.39 is 0 Å². The zero-order valence-corrected chi connectivity index (χ0v) is 7.48. The molecule has 1 aliphatic heterocycles. The van der Waals surface area contributed by atoms with Gasteiger partial charge in [0.25, 0.3) is 0 Å². The molecule has 2 heterocycles. The van der Waals surface area contributed by atoms with Gasteiger partial charge in [-0.25, -0.2) is 9.89 Å². The SMILES string of the molecule is O=C1NCCC1Sc1n[nH]c(=O)[nH]1. The Labute approximate surface area is 77.5 Å². The largest absolute Gasteiger partial charge is 0.355 e. The lowest BCUT2D eigenvalue weighted by molar-refractivity contribution is -0.118. The lowest BCUT2D eigenvalue weighted by Crippen LogP contribution is -2.20. The number of aromatic nitrogens is 3. The summed E-state index contributed by atoms with van der Waals surface area (Å²) in [6.45, 7) is 0.700. The van der Waals surface area contributed by atoms with E-state index in [4.69, 9.17) is 0 Å². The number of nitrogens with one attached hydrogen (secondary N) is 3. The van der Waals surface area contributed by atoms with Crippen LogP contribution >= 0.6 is 11.8 Å². The Balaban J connectivity index is 2.05. The maximum absolute atomic E-state index is 11.1. The first-order chi connectivity index (χ1) is 6.25. The third-order valence-corrected chi connectivity index (χ3v) is 2.88. The van der Waals surface area contributed by atoms with Crippen LogP contribution in [0.2, 0.25) is 0 Å². The van der Waals surface area contributed by atoms with Gasteiger partial charge in [0.1, 0.15) is 0 Å². The number of rotatable bonds is 2. The van der Waals surface area contributed by atoms with E-state index in [0.717, 1.165) is 6.42 Å². The first-order valence-corrected chi connectivity index (χ1v) is 4.73. The summed E-state index contributed by atoms with van der Waals surface area (Å²) in [6.07, 6.45) is 0.776. The summed E-state index contributed by atoms with van der Waals surface area (Å²) in [7, 11) is 0. The summed E-state index contributed by atoms with van der Waals surface area (Å²) < 4.78 is 0. The van der Waals surface area contributed by atoms with E-state index in [-0.39, 0.29) is 16.8 Å². The fourth-order valence-electron chi connectivity index (χ4n) is 1.13. The number of carbonyl (C=O) groups is 1. The molecule has 13 heavy (non-hydrogen) atoms. The van der Waals surface area contributed by atoms with E-state index in [1.807, 2.05) is 0 Å². The summed E-state index contributed by atoms with van der Waals surface area (Å²) in [4.78, 5) is 24.3. The molecule has 0 radical (unpaired) electrons. The third kappa shape index (κ3) is 1.74. The van der Waals surface area contributed by atoms with Gasteiger partial charge >= 0.3 is 5.69 Å². The van der Waals surface area contributed by atoms with Crippen LogP contribution in [-0.2, 0) is 4.79 Å². The molecule has 0 aliphatic carbocycles. The van der Waals surface area contributed by atoms with Crippen molar-refractivity contribution in [3.8, 4) is 0 Å². The Kier molecular flexibility index (Phi) is 2.09. The third-order valence-electron chi connectivity index (χ3n) is 1.73. The van der Waals surface area contributed by atoms with E-state index in [9.17, 15) is 9.59 Å². The normalized spacial score (nSPS) is 21.8. The van der Waals surface area contributed by atoms with Crippen LogP contribution in [0, 0.1) is 0 Å². The van der Waals surface area contributed by atoms with Gasteiger partial charge in [0.15, 0.2) is 5.16 Å². The quantitative estimate of drug-likeness (QED) is 0.575. The van der Waals surface area contributed by atoms with Crippen LogP contribution in [0.1, 0.15) is 6.42 Å². The fraction of sp³-hybridized carbons (Fsp3) is 0.500. The summed E-state index contributed by atoms with van der Waals surface area (Å²) in [5.74, 6) is 0.00819. The maximum Gasteiger partial charge on any atom is 0.341 e. The summed E-state index contributed by atoms with van der Waals surface area (Å²) in [6, 6.07) is 0. The molecule has 70 valence electrons. The molecular weight excluding hydrogens is 192 g/mol. The van der Waals surface area contributed by atoms with Crippen LogP contribution in [0.3, 0.4) is 0 Å². The van der Waals surface area contributed by atoms with Crippen molar-refractivity contribution in [3.05, 3.63) is 10.5 Å². The molecule has 2 rings (SSSR count). The second-order valence-corrected chi connectivity index (χ2v) is 3.86. The number of carbonyl (C=O) groups excluding carboxylic acids is 1. The minimum Gasteiger partial charge on any atom is -0.355 e. The van der Waals surface area contributed by atoms with E-state index in [1.165, 1.54) is 11.8 Å². The Hall–Kier alpha value is -1.24. The molecule has 0 spiro atoms. The molecule has 1 aliphatic rings. The maximum atomic E-state index is 11.1. The Morgan fingerprint density at radius 2 is 2.31 bits per heavy atom. The minimum atomic E-state index is -0.346. The van der Waals surface area contributed by atoms with Crippen molar-refractivity contribution in [2.24, 2.45) is 0 Å². The van der Waals surface area contributed by atoms with Gasteiger partial charge in [0.2, 0.25) is 5.91 Å². The highest BCUT2D eigenvalue weighted by Crippen LogP contribution is 2.23. The molecule has 1 fully saturated rings. The van der Waals surface area contributed by atoms with Crippen molar-refractivity contribution in [2.45, 2.75) is 16.8 Å². The van der Waals surface area contributed by atoms with E-state index in [2.05, 4.69) is 20.5 Å². The highest BCUT2D eigenvalue weighted by molar-refractivity contribution is 8.00. The molecule has 1 amide bonds. The standard InChI is InChI=1S/C6H8N4O2S/c11-4-3(1-2-7-4)13-6-8-5(12)9-10-6/h3H,1-2H2,(H,7,11)(H2,8,9,10,12). The van der Waals surface area contributed by atoms with Crippen LogP contribution in [0.4, 0.5) is 0 Å². The van der Waals surface area contributed by atoms with Crippen molar-refractivity contribution in [1.82, 2.24) is 20.5 Å². The first-order valence-electron chi connectivity index (χ1n) is 3.85. The van der Waals surface area contributed by atoms with Crippen LogP contribution in [0.15, 0.2) is 9.95 Å². The molecule has 6 nitrogen and oxygen atoms in total. The number of aromatic amines is 2. The molecule has 1 aromatic rings.